The minimum absolute atomic E-state index is 0.473. The zero-order chi connectivity index (χ0) is 10.1. The zero-order valence-electron chi connectivity index (χ0n) is 7.66. The molecular formula is C10H6N4O. The highest BCUT2D eigenvalue weighted by Gasteiger charge is 2.06. The van der Waals surface area contributed by atoms with E-state index >= 15 is 0 Å². The van der Waals surface area contributed by atoms with Gasteiger partial charge in [0.15, 0.2) is 11.4 Å². The number of rotatable bonds is 1. The van der Waals surface area contributed by atoms with Crippen LogP contribution in [0.5, 0.6) is 0 Å². The Balaban J connectivity index is 2.22. The Hall–Kier alpha value is -2.30. The van der Waals surface area contributed by atoms with Gasteiger partial charge in [0, 0.05) is 6.20 Å². The Morgan fingerprint density at radius 3 is 2.93 bits per heavy atom. The van der Waals surface area contributed by atoms with Crippen molar-refractivity contribution in [3.63, 3.8) is 0 Å². The van der Waals surface area contributed by atoms with E-state index in [2.05, 4.69) is 20.2 Å². The largest absolute Gasteiger partial charge is 0.461 e. The summed E-state index contributed by atoms with van der Waals surface area (Å²) in [5.74, 6) is 1.08. The van der Waals surface area contributed by atoms with E-state index in [1.807, 2.05) is 12.1 Å². The molecule has 3 aromatic rings. The van der Waals surface area contributed by atoms with Crippen LogP contribution in [0.1, 0.15) is 0 Å². The van der Waals surface area contributed by atoms with Crippen molar-refractivity contribution in [1.29, 1.82) is 0 Å². The van der Waals surface area contributed by atoms with E-state index in [0.29, 0.717) is 22.7 Å². The summed E-state index contributed by atoms with van der Waals surface area (Å²) in [6, 6.07) is 7.22. The molecule has 72 valence electrons. The van der Waals surface area contributed by atoms with Crippen LogP contribution >= 0.6 is 0 Å². The first-order valence-corrected chi connectivity index (χ1v) is 4.43. The first kappa shape index (κ1) is 8.05. The molecular weight excluding hydrogens is 192 g/mol. The van der Waals surface area contributed by atoms with Crippen LogP contribution in [0.3, 0.4) is 0 Å². The van der Waals surface area contributed by atoms with Crippen molar-refractivity contribution >= 4 is 11.2 Å². The summed E-state index contributed by atoms with van der Waals surface area (Å²) >= 11 is 0. The van der Waals surface area contributed by atoms with Gasteiger partial charge in [0.1, 0.15) is 5.52 Å². The molecule has 3 rings (SSSR count). The van der Waals surface area contributed by atoms with Crippen LogP contribution < -0.4 is 0 Å². The lowest BCUT2D eigenvalue weighted by Gasteiger charge is -1.96. The number of nitrogens with zero attached hydrogens (tertiary/aromatic N) is 4. The highest BCUT2D eigenvalue weighted by molar-refractivity contribution is 5.70. The number of hydrogen-bond acceptors (Lipinski definition) is 5. The van der Waals surface area contributed by atoms with Crippen LogP contribution in [0.2, 0.25) is 0 Å². The summed E-state index contributed by atoms with van der Waals surface area (Å²) in [5.41, 5.74) is 1.24. The number of furan rings is 1. The quantitative estimate of drug-likeness (QED) is 0.595. The third-order valence-corrected chi connectivity index (χ3v) is 1.97. The van der Waals surface area contributed by atoms with Crippen molar-refractivity contribution in [3.05, 3.63) is 36.7 Å². The lowest BCUT2D eigenvalue weighted by molar-refractivity contribution is 0.576. The molecule has 0 aliphatic rings. The molecule has 0 unspecified atom stereocenters. The molecule has 0 bridgehead atoms. The highest BCUT2D eigenvalue weighted by atomic mass is 16.3. The van der Waals surface area contributed by atoms with Crippen LogP contribution in [0.4, 0.5) is 0 Å². The van der Waals surface area contributed by atoms with Gasteiger partial charge in [-0.05, 0) is 24.3 Å². The average molecular weight is 198 g/mol. The third-order valence-electron chi connectivity index (χ3n) is 1.97. The monoisotopic (exact) mass is 198 g/mol. The van der Waals surface area contributed by atoms with Gasteiger partial charge >= 0.3 is 0 Å². The average Bonchev–Trinajstić information content (AvgIpc) is 2.82. The molecule has 0 atom stereocenters. The van der Waals surface area contributed by atoms with Gasteiger partial charge < -0.3 is 4.42 Å². The van der Waals surface area contributed by atoms with Crippen molar-refractivity contribution in [1.82, 2.24) is 20.2 Å². The maximum Gasteiger partial charge on any atom is 0.218 e. The molecule has 0 N–H and O–H groups in total. The van der Waals surface area contributed by atoms with Crippen LogP contribution in [-0.2, 0) is 0 Å². The Kier molecular flexibility index (Phi) is 1.68. The lowest BCUT2D eigenvalue weighted by Crippen LogP contribution is -1.94. The molecule has 15 heavy (non-hydrogen) atoms. The van der Waals surface area contributed by atoms with E-state index in [0.717, 1.165) is 0 Å². The van der Waals surface area contributed by atoms with E-state index in [9.17, 15) is 0 Å². The van der Waals surface area contributed by atoms with Crippen molar-refractivity contribution in [2.75, 3.05) is 0 Å². The molecule has 0 aliphatic heterocycles. The van der Waals surface area contributed by atoms with E-state index in [4.69, 9.17) is 4.42 Å². The topological polar surface area (TPSA) is 64.7 Å². The second kappa shape index (κ2) is 3.13. The fourth-order valence-electron chi connectivity index (χ4n) is 1.29. The first-order chi connectivity index (χ1) is 7.43. The summed E-state index contributed by atoms with van der Waals surface area (Å²) in [7, 11) is 0. The molecule has 3 heterocycles. The van der Waals surface area contributed by atoms with E-state index in [1.165, 1.54) is 0 Å². The second-order valence-corrected chi connectivity index (χ2v) is 2.96. The molecule has 3 aromatic heterocycles. The molecule has 0 radical (unpaired) electrons. The fraction of sp³-hybridized carbons (Fsp3) is 0. The predicted molar refractivity (Wildman–Crippen MR) is 52.8 cm³/mol. The maximum absolute atomic E-state index is 5.18. The minimum Gasteiger partial charge on any atom is -0.461 e. The van der Waals surface area contributed by atoms with E-state index < -0.39 is 0 Å². The van der Waals surface area contributed by atoms with Gasteiger partial charge in [-0.3, -0.25) is 0 Å². The molecule has 0 fully saturated rings. The molecule has 0 amide bonds. The molecule has 0 saturated heterocycles. The zero-order valence-corrected chi connectivity index (χ0v) is 7.66. The number of fused-ring (bicyclic) bond motifs is 1. The van der Waals surface area contributed by atoms with Gasteiger partial charge in [-0.2, -0.15) is 0 Å². The fourth-order valence-corrected chi connectivity index (χ4v) is 1.29. The Morgan fingerprint density at radius 1 is 1.07 bits per heavy atom. The Morgan fingerprint density at radius 2 is 2.07 bits per heavy atom. The SMILES string of the molecule is c1coc(-c2nnc3ncccc3n2)c1. The second-order valence-electron chi connectivity index (χ2n) is 2.96. The lowest BCUT2D eigenvalue weighted by atomic mass is 10.4. The van der Waals surface area contributed by atoms with Crippen molar-refractivity contribution in [2.45, 2.75) is 0 Å². The van der Waals surface area contributed by atoms with Gasteiger partial charge in [-0.1, -0.05) is 0 Å². The summed E-state index contributed by atoms with van der Waals surface area (Å²) in [5, 5.41) is 7.89. The van der Waals surface area contributed by atoms with E-state index in [-0.39, 0.29) is 0 Å². The highest BCUT2D eigenvalue weighted by Crippen LogP contribution is 2.15. The molecule has 0 saturated carbocycles. The van der Waals surface area contributed by atoms with Gasteiger partial charge in [0.2, 0.25) is 5.82 Å². The standard InChI is InChI=1S/C10H6N4O/c1-3-7-9(11-5-1)13-14-10(12-7)8-4-2-6-15-8/h1-6H. The summed E-state index contributed by atoms with van der Waals surface area (Å²) < 4.78 is 5.18. The normalized spacial score (nSPS) is 10.7. The maximum atomic E-state index is 5.18. The summed E-state index contributed by atoms with van der Waals surface area (Å²) in [4.78, 5) is 8.32. The van der Waals surface area contributed by atoms with Gasteiger partial charge in [0.25, 0.3) is 0 Å². The molecule has 0 aromatic carbocycles. The Bertz CT molecular complexity index is 591. The number of aromatic nitrogens is 4. The van der Waals surface area contributed by atoms with Gasteiger partial charge in [-0.15, -0.1) is 10.2 Å². The minimum atomic E-state index is 0.473. The van der Waals surface area contributed by atoms with Crippen molar-refractivity contribution in [2.24, 2.45) is 0 Å². The summed E-state index contributed by atoms with van der Waals surface area (Å²) in [6.45, 7) is 0. The molecule has 5 heteroatoms. The predicted octanol–water partition coefficient (Wildman–Crippen LogP) is 1.68. The molecule has 0 aliphatic carbocycles. The van der Waals surface area contributed by atoms with Crippen molar-refractivity contribution < 1.29 is 4.42 Å². The molecule has 5 nitrogen and oxygen atoms in total. The van der Waals surface area contributed by atoms with Crippen LogP contribution in [0, 0.1) is 0 Å². The summed E-state index contributed by atoms with van der Waals surface area (Å²) in [6.07, 6.45) is 3.23. The molecule has 0 spiro atoms. The van der Waals surface area contributed by atoms with Gasteiger partial charge in [0.05, 0.1) is 6.26 Å². The third kappa shape index (κ3) is 1.34. The van der Waals surface area contributed by atoms with Crippen LogP contribution in [-0.4, -0.2) is 20.2 Å². The number of pyridine rings is 1. The number of hydrogen-bond donors (Lipinski definition) is 0. The Labute approximate surface area is 84.8 Å². The van der Waals surface area contributed by atoms with E-state index in [1.54, 1.807) is 24.6 Å². The van der Waals surface area contributed by atoms with Crippen molar-refractivity contribution in [3.8, 4) is 11.6 Å². The first-order valence-electron chi connectivity index (χ1n) is 4.43. The van der Waals surface area contributed by atoms with Crippen LogP contribution in [0.15, 0.2) is 41.1 Å². The smallest absolute Gasteiger partial charge is 0.218 e. The van der Waals surface area contributed by atoms with Gasteiger partial charge in [-0.25, -0.2) is 9.97 Å². The van der Waals surface area contributed by atoms with Crippen LogP contribution in [0.25, 0.3) is 22.7 Å².